The second kappa shape index (κ2) is 7.03. The Kier molecular flexibility index (Phi) is 4.44. The molecule has 0 radical (unpaired) electrons. The molecule has 0 aliphatic carbocycles. The zero-order valence-electron chi connectivity index (χ0n) is 15.7. The Balaban J connectivity index is 1.52. The van der Waals surface area contributed by atoms with Gasteiger partial charge < -0.3 is 24.5 Å². The number of para-hydroxylation sites is 1. The maximum atomic E-state index is 13.3. The summed E-state index contributed by atoms with van der Waals surface area (Å²) in [5.74, 6) is 0.389. The number of aromatic nitrogens is 1. The van der Waals surface area contributed by atoms with Gasteiger partial charge in [-0.2, -0.15) is 13.2 Å². The van der Waals surface area contributed by atoms with Gasteiger partial charge in [0.25, 0.3) is 0 Å². The first-order valence-corrected chi connectivity index (χ1v) is 9.53. The third kappa shape index (κ3) is 3.29. The van der Waals surface area contributed by atoms with Gasteiger partial charge in [-0.15, -0.1) is 0 Å². The van der Waals surface area contributed by atoms with E-state index in [9.17, 15) is 18.3 Å². The molecule has 1 atom stereocenters. The van der Waals surface area contributed by atoms with Gasteiger partial charge in [-0.1, -0.05) is 6.07 Å². The van der Waals surface area contributed by atoms with Crippen LogP contribution < -0.4 is 15.0 Å². The van der Waals surface area contributed by atoms with Crippen molar-refractivity contribution in [2.75, 3.05) is 31.1 Å². The first-order valence-electron chi connectivity index (χ1n) is 9.53. The van der Waals surface area contributed by atoms with Crippen LogP contribution in [0, 0.1) is 0 Å². The summed E-state index contributed by atoms with van der Waals surface area (Å²) in [5.41, 5.74) is 0.647. The predicted molar refractivity (Wildman–Crippen MR) is 105 cm³/mol. The molecule has 6 nitrogen and oxygen atoms in total. The third-order valence-corrected chi connectivity index (χ3v) is 5.27. The lowest BCUT2D eigenvalue weighted by molar-refractivity contribution is -0.136. The van der Waals surface area contributed by atoms with Crippen molar-refractivity contribution in [1.82, 2.24) is 10.3 Å². The van der Waals surface area contributed by atoms with Gasteiger partial charge >= 0.3 is 6.18 Å². The highest BCUT2D eigenvalue weighted by atomic mass is 19.4. The van der Waals surface area contributed by atoms with Crippen LogP contribution in [0.2, 0.25) is 0 Å². The molecule has 1 unspecified atom stereocenters. The molecule has 2 aliphatic heterocycles. The van der Waals surface area contributed by atoms with E-state index in [2.05, 4.69) is 15.2 Å². The summed E-state index contributed by atoms with van der Waals surface area (Å²) in [6, 6.07) is 9.27. The van der Waals surface area contributed by atoms with E-state index >= 15 is 0 Å². The number of benzene rings is 2. The summed E-state index contributed by atoms with van der Waals surface area (Å²) in [4.78, 5) is 6.22. The number of aliphatic hydroxyl groups is 1. The number of hydrogen-bond donors (Lipinski definition) is 2. The SMILES string of the molecule is OC1Oc2cc(N3CCNCC3)ccc2C=C1c1nc2c(C(F)(F)F)cccc2o1. The van der Waals surface area contributed by atoms with Crippen molar-refractivity contribution in [2.45, 2.75) is 12.5 Å². The maximum absolute atomic E-state index is 13.3. The number of nitrogens with one attached hydrogen (secondary N) is 1. The van der Waals surface area contributed by atoms with Crippen molar-refractivity contribution in [2.24, 2.45) is 0 Å². The molecule has 1 aromatic heterocycles. The monoisotopic (exact) mass is 417 g/mol. The lowest BCUT2D eigenvalue weighted by atomic mass is 10.1. The number of rotatable bonds is 2. The van der Waals surface area contributed by atoms with Gasteiger partial charge in [-0.3, -0.25) is 0 Å². The van der Waals surface area contributed by atoms with Crippen LogP contribution in [0.4, 0.5) is 18.9 Å². The van der Waals surface area contributed by atoms with E-state index in [0.717, 1.165) is 37.9 Å². The lowest BCUT2D eigenvalue weighted by Gasteiger charge is -2.30. The fraction of sp³-hybridized carbons (Fsp3) is 0.286. The molecular formula is C21H18F3N3O3. The quantitative estimate of drug-likeness (QED) is 0.665. The topological polar surface area (TPSA) is 70.8 Å². The number of piperazine rings is 1. The molecule has 0 saturated carbocycles. The zero-order valence-corrected chi connectivity index (χ0v) is 15.7. The smallest absolute Gasteiger partial charge is 0.418 e. The third-order valence-electron chi connectivity index (χ3n) is 5.27. The van der Waals surface area contributed by atoms with Crippen LogP contribution in [0.15, 0.2) is 40.8 Å². The average molecular weight is 417 g/mol. The van der Waals surface area contributed by atoms with Crippen molar-refractivity contribution >= 4 is 28.4 Å². The Morgan fingerprint density at radius 2 is 1.93 bits per heavy atom. The molecule has 0 spiro atoms. The number of aliphatic hydroxyl groups excluding tert-OH is 1. The Labute approximate surface area is 169 Å². The van der Waals surface area contributed by atoms with Crippen LogP contribution in [-0.2, 0) is 6.18 Å². The second-order valence-electron chi connectivity index (χ2n) is 7.20. The van der Waals surface area contributed by atoms with Gasteiger partial charge in [0, 0.05) is 43.5 Å². The van der Waals surface area contributed by atoms with Crippen LogP contribution in [0.1, 0.15) is 17.0 Å². The first kappa shape index (κ1) is 19.0. The molecule has 2 N–H and O–H groups in total. The summed E-state index contributed by atoms with van der Waals surface area (Å²) in [6.07, 6.45) is -4.34. The molecule has 2 aliphatic rings. The van der Waals surface area contributed by atoms with Gasteiger partial charge in [0.1, 0.15) is 11.3 Å². The fourth-order valence-corrected chi connectivity index (χ4v) is 3.75. The van der Waals surface area contributed by atoms with Crippen molar-refractivity contribution in [3.63, 3.8) is 0 Å². The molecule has 9 heteroatoms. The zero-order chi connectivity index (χ0) is 20.9. The molecule has 0 amide bonds. The fourth-order valence-electron chi connectivity index (χ4n) is 3.75. The van der Waals surface area contributed by atoms with Crippen LogP contribution in [0.5, 0.6) is 5.75 Å². The molecule has 156 valence electrons. The van der Waals surface area contributed by atoms with Crippen molar-refractivity contribution in [3.05, 3.63) is 53.4 Å². The van der Waals surface area contributed by atoms with Gasteiger partial charge in [0.2, 0.25) is 12.2 Å². The highest BCUT2D eigenvalue weighted by molar-refractivity contribution is 5.87. The van der Waals surface area contributed by atoms with E-state index in [1.165, 1.54) is 12.1 Å². The Bertz CT molecular complexity index is 1130. The largest absolute Gasteiger partial charge is 0.460 e. The van der Waals surface area contributed by atoms with E-state index in [1.807, 2.05) is 18.2 Å². The van der Waals surface area contributed by atoms with E-state index in [-0.39, 0.29) is 22.6 Å². The van der Waals surface area contributed by atoms with E-state index in [4.69, 9.17) is 9.15 Å². The second-order valence-corrected chi connectivity index (χ2v) is 7.20. The minimum atomic E-state index is -4.56. The highest BCUT2D eigenvalue weighted by Crippen LogP contribution is 2.39. The molecule has 5 rings (SSSR count). The van der Waals surface area contributed by atoms with Gasteiger partial charge in [-0.25, -0.2) is 4.98 Å². The van der Waals surface area contributed by atoms with E-state index < -0.39 is 18.0 Å². The number of anilines is 1. The van der Waals surface area contributed by atoms with Crippen LogP contribution in [-0.4, -0.2) is 42.6 Å². The number of fused-ring (bicyclic) bond motifs is 2. The van der Waals surface area contributed by atoms with E-state index in [0.29, 0.717) is 11.3 Å². The number of ether oxygens (including phenoxy) is 1. The van der Waals surface area contributed by atoms with Crippen molar-refractivity contribution in [1.29, 1.82) is 0 Å². The Morgan fingerprint density at radius 1 is 1.13 bits per heavy atom. The number of halogens is 3. The number of nitrogens with zero attached hydrogens (tertiary/aromatic N) is 2. The summed E-state index contributed by atoms with van der Waals surface area (Å²) in [7, 11) is 0. The Hall–Kier alpha value is -3.04. The molecule has 30 heavy (non-hydrogen) atoms. The number of hydrogen-bond acceptors (Lipinski definition) is 6. The highest BCUT2D eigenvalue weighted by Gasteiger charge is 2.35. The maximum Gasteiger partial charge on any atom is 0.418 e. The minimum absolute atomic E-state index is 0.00669. The van der Waals surface area contributed by atoms with Gasteiger partial charge in [-0.05, 0) is 30.3 Å². The first-order chi connectivity index (χ1) is 14.4. The standard InChI is InChI=1S/C21H18F3N3O3/c22-21(23,24)15-2-1-3-16-18(15)26-19(29-16)14-10-12-4-5-13(11-17(12)30-20(14)28)27-8-6-25-7-9-27/h1-5,10-11,20,25,28H,6-9H2. The van der Waals surface area contributed by atoms with E-state index in [1.54, 1.807) is 6.08 Å². The molecule has 1 saturated heterocycles. The summed E-state index contributed by atoms with van der Waals surface area (Å²) >= 11 is 0. The molecule has 3 aromatic rings. The van der Waals surface area contributed by atoms with Crippen LogP contribution in [0.25, 0.3) is 22.7 Å². The number of alkyl halides is 3. The van der Waals surface area contributed by atoms with Gasteiger partial charge in [0.05, 0.1) is 11.1 Å². The average Bonchev–Trinajstić information content (AvgIpc) is 3.16. The van der Waals surface area contributed by atoms with Gasteiger partial charge in [0.15, 0.2) is 5.58 Å². The van der Waals surface area contributed by atoms with Crippen molar-refractivity contribution in [3.8, 4) is 5.75 Å². The molecule has 1 fully saturated rings. The summed E-state index contributed by atoms with van der Waals surface area (Å²) in [5, 5.41) is 13.8. The predicted octanol–water partition coefficient (Wildman–Crippen LogP) is 3.51. The van der Waals surface area contributed by atoms with Crippen molar-refractivity contribution < 1.29 is 27.4 Å². The Morgan fingerprint density at radius 3 is 2.70 bits per heavy atom. The molecule has 2 aromatic carbocycles. The molecule has 0 bridgehead atoms. The minimum Gasteiger partial charge on any atom is -0.460 e. The van der Waals surface area contributed by atoms with Crippen LogP contribution in [0.3, 0.4) is 0 Å². The molecular weight excluding hydrogens is 399 g/mol. The molecule has 3 heterocycles. The summed E-state index contributed by atoms with van der Waals surface area (Å²) in [6.45, 7) is 3.52. The normalized spacial score (nSPS) is 19.4. The lowest BCUT2D eigenvalue weighted by Crippen LogP contribution is -2.43. The summed E-state index contributed by atoms with van der Waals surface area (Å²) < 4.78 is 50.9. The van der Waals surface area contributed by atoms with Crippen LogP contribution >= 0.6 is 0 Å². The number of oxazole rings is 1.